The Morgan fingerprint density at radius 3 is 2.60 bits per heavy atom. The number of carbonyl (C=O) groups is 1. The Balaban J connectivity index is 1.62. The van der Waals surface area contributed by atoms with E-state index in [4.69, 9.17) is 20.4 Å². The van der Waals surface area contributed by atoms with E-state index in [2.05, 4.69) is 10.2 Å². The zero-order valence-corrected chi connectivity index (χ0v) is 15.3. The highest BCUT2D eigenvalue weighted by Crippen LogP contribution is 2.30. The molecule has 3 rings (SSSR count). The average molecular weight is 347 g/mol. The monoisotopic (exact) mass is 347 g/mol. The molecule has 1 fully saturated rings. The summed E-state index contributed by atoms with van der Waals surface area (Å²) < 4.78 is 4.93. The molecular weight excluding hydrogens is 318 g/mol. The topological polar surface area (TPSA) is 93.4 Å². The molecule has 0 aliphatic heterocycles. The number of anilines is 2. The molecule has 2 aliphatic rings. The van der Waals surface area contributed by atoms with Crippen LogP contribution >= 0.6 is 0 Å². The molecule has 0 unspecified atom stereocenters. The van der Waals surface area contributed by atoms with Gasteiger partial charge in [0.25, 0.3) is 0 Å². The second kappa shape index (κ2) is 7.89. The number of rotatable bonds is 5. The highest BCUT2D eigenvalue weighted by Gasteiger charge is 2.24. The van der Waals surface area contributed by atoms with Gasteiger partial charge in [-0.2, -0.15) is 4.98 Å². The lowest BCUT2D eigenvalue weighted by Gasteiger charge is -2.29. The summed E-state index contributed by atoms with van der Waals surface area (Å²) in [5.41, 5.74) is 7.56. The van der Waals surface area contributed by atoms with E-state index < -0.39 is 6.09 Å². The van der Waals surface area contributed by atoms with Gasteiger partial charge in [-0.3, -0.25) is 0 Å². The van der Waals surface area contributed by atoms with Gasteiger partial charge in [0.1, 0.15) is 5.82 Å². The third-order valence-electron chi connectivity index (χ3n) is 5.23. The van der Waals surface area contributed by atoms with Crippen LogP contribution in [0.15, 0.2) is 0 Å². The first kappa shape index (κ1) is 17.8. The van der Waals surface area contributed by atoms with Crippen molar-refractivity contribution < 1.29 is 9.53 Å². The van der Waals surface area contributed by atoms with E-state index in [9.17, 15) is 4.79 Å². The number of nitrogens with one attached hydrogen (secondary N) is 1. The van der Waals surface area contributed by atoms with Crippen LogP contribution in [0.25, 0.3) is 0 Å². The largest absolute Gasteiger partial charge is 0.449 e. The van der Waals surface area contributed by atoms with Gasteiger partial charge >= 0.3 is 6.09 Å². The fourth-order valence-corrected chi connectivity index (χ4v) is 3.86. The van der Waals surface area contributed by atoms with Gasteiger partial charge in [-0.25, -0.2) is 9.78 Å². The second-order valence-electron chi connectivity index (χ2n) is 7.39. The maximum absolute atomic E-state index is 10.7. The quantitative estimate of drug-likeness (QED) is 0.850. The molecule has 2 aliphatic carbocycles. The smallest absolute Gasteiger partial charge is 0.404 e. The molecule has 1 aromatic rings. The third-order valence-corrected chi connectivity index (χ3v) is 5.23. The summed E-state index contributed by atoms with van der Waals surface area (Å²) in [6.45, 7) is 0.433. The maximum atomic E-state index is 10.7. The van der Waals surface area contributed by atoms with Crippen molar-refractivity contribution in [3.05, 3.63) is 11.3 Å². The van der Waals surface area contributed by atoms with Gasteiger partial charge in [-0.15, -0.1) is 0 Å². The van der Waals surface area contributed by atoms with Crippen molar-refractivity contribution in [2.75, 3.05) is 30.9 Å². The van der Waals surface area contributed by atoms with E-state index in [0.29, 0.717) is 18.6 Å². The van der Waals surface area contributed by atoms with Gasteiger partial charge < -0.3 is 20.7 Å². The highest BCUT2D eigenvalue weighted by atomic mass is 16.5. The summed E-state index contributed by atoms with van der Waals surface area (Å²) in [5.74, 6) is 2.21. The van der Waals surface area contributed by atoms with Gasteiger partial charge in [0.2, 0.25) is 5.95 Å². The van der Waals surface area contributed by atoms with Crippen molar-refractivity contribution in [3.8, 4) is 0 Å². The number of ether oxygens (including phenoxy) is 1. The Morgan fingerprint density at radius 2 is 1.92 bits per heavy atom. The predicted octanol–water partition coefficient (Wildman–Crippen LogP) is 2.49. The van der Waals surface area contributed by atoms with Crippen LogP contribution in [-0.2, 0) is 17.6 Å². The minimum absolute atomic E-state index is 0.376. The van der Waals surface area contributed by atoms with Crippen LogP contribution < -0.4 is 16.0 Å². The average Bonchev–Trinajstić information content (AvgIpc) is 2.60. The standard InChI is InChI=1S/C18H29N5O2/c1-23(2)16-14-5-3-4-6-15(14)21-18(22-16)20-13-9-7-12(8-10-13)11-25-17(19)24/h12-13H,3-11H2,1-2H3,(H2,19,24)(H,20,21,22). The molecule has 0 bridgehead atoms. The van der Waals surface area contributed by atoms with E-state index in [1.165, 1.54) is 24.1 Å². The van der Waals surface area contributed by atoms with Crippen molar-refractivity contribution in [2.45, 2.75) is 57.4 Å². The van der Waals surface area contributed by atoms with Crippen LogP contribution in [-0.4, -0.2) is 42.8 Å². The fraction of sp³-hybridized carbons (Fsp3) is 0.722. The summed E-state index contributed by atoms with van der Waals surface area (Å²) in [7, 11) is 4.09. The summed E-state index contributed by atoms with van der Waals surface area (Å²) in [6, 6.07) is 0.376. The van der Waals surface area contributed by atoms with Gasteiger partial charge in [-0.05, 0) is 57.3 Å². The Bertz CT molecular complexity index is 612. The normalized spacial score (nSPS) is 22.8. The lowest BCUT2D eigenvalue weighted by Crippen LogP contribution is -2.30. The fourth-order valence-electron chi connectivity index (χ4n) is 3.86. The molecule has 7 heteroatoms. The van der Waals surface area contributed by atoms with E-state index >= 15 is 0 Å². The Kier molecular flexibility index (Phi) is 5.60. The number of aryl methyl sites for hydroxylation is 1. The van der Waals surface area contributed by atoms with Gasteiger partial charge in [0.15, 0.2) is 0 Å². The van der Waals surface area contributed by atoms with Crippen molar-refractivity contribution in [1.29, 1.82) is 0 Å². The molecule has 1 saturated carbocycles. The predicted molar refractivity (Wildman–Crippen MR) is 97.9 cm³/mol. The molecular formula is C18H29N5O2. The number of nitrogens with zero attached hydrogens (tertiary/aromatic N) is 3. The maximum Gasteiger partial charge on any atom is 0.404 e. The number of primary amides is 1. The number of hydrogen-bond donors (Lipinski definition) is 2. The first-order valence-electron chi connectivity index (χ1n) is 9.29. The van der Waals surface area contributed by atoms with Crippen molar-refractivity contribution >= 4 is 17.9 Å². The summed E-state index contributed by atoms with van der Waals surface area (Å²) in [5, 5.41) is 3.53. The molecule has 0 saturated heterocycles. The molecule has 1 heterocycles. The van der Waals surface area contributed by atoms with E-state index in [0.717, 1.165) is 50.3 Å². The van der Waals surface area contributed by atoms with E-state index in [1.54, 1.807) is 0 Å². The van der Waals surface area contributed by atoms with Crippen LogP contribution in [0.2, 0.25) is 0 Å². The number of aromatic nitrogens is 2. The van der Waals surface area contributed by atoms with Crippen LogP contribution in [0.1, 0.15) is 49.8 Å². The number of nitrogens with two attached hydrogens (primary N) is 1. The van der Waals surface area contributed by atoms with Crippen molar-refractivity contribution in [1.82, 2.24) is 9.97 Å². The molecule has 7 nitrogen and oxygen atoms in total. The summed E-state index contributed by atoms with van der Waals surface area (Å²) in [4.78, 5) is 22.4. The first-order valence-corrected chi connectivity index (χ1v) is 9.29. The Morgan fingerprint density at radius 1 is 1.20 bits per heavy atom. The molecule has 0 spiro atoms. The Labute approximate surface area is 149 Å². The molecule has 3 N–H and O–H groups in total. The van der Waals surface area contributed by atoms with Crippen molar-refractivity contribution in [2.24, 2.45) is 11.7 Å². The molecule has 0 aromatic carbocycles. The first-order chi connectivity index (χ1) is 12.0. The molecule has 0 radical (unpaired) electrons. The second-order valence-corrected chi connectivity index (χ2v) is 7.39. The summed E-state index contributed by atoms with van der Waals surface area (Å²) in [6.07, 6.45) is 7.99. The van der Waals surface area contributed by atoms with Crippen molar-refractivity contribution in [3.63, 3.8) is 0 Å². The van der Waals surface area contributed by atoms with E-state index in [-0.39, 0.29) is 0 Å². The minimum atomic E-state index is -0.682. The summed E-state index contributed by atoms with van der Waals surface area (Å²) >= 11 is 0. The van der Waals surface area contributed by atoms with Crippen LogP contribution in [0.5, 0.6) is 0 Å². The van der Waals surface area contributed by atoms with Gasteiger partial charge in [-0.1, -0.05) is 0 Å². The lowest BCUT2D eigenvalue weighted by atomic mass is 9.86. The zero-order chi connectivity index (χ0) is 17.8. The SMILES string of the molecule is CN(C)c1nc(NC2CCC(COC(N)=O)CC2)nc2c1CCCC2. The zero-order valence-electron chi connectivity index (χ0n) is 15.3. The number of hydrogen-bond acceptors (Lipinski definition) is 6. The number of amides is 1. The lowest BCUT2D eigenvalue weighted by molar-refractivity contribution is 0.123. The number of carbonyl (C=O) groups excluding carboxylic acids is 1. The Hall–Kier alpha value is -2.05. The molecule has 0 atom stereocenters. The minimum Gasteiger partial charge on any atom is -0.449 e. The van der Waals surface area contributed by atoms with Gasteiger partial charge in [0, 0.05) is 25.7 Å². The van der Waals surface area contributed by atoms with Gasteiger partial charge in [0.05, 0.1) is 12.3 Å². The molecule has 1 aromatic heterocycles. The van der Waals surface area contributed by atoms with E-state index in [1.807, 2.05) is 14.1 Å². The molecule has 1 amide bonds. The van der Waals surface area contributed by atoms with Crippen LogP contribution in [0.3, 0.4) is 0 Å². The number of fused-ring (bicyclic) bond motifs is 1. The molecule has 25 heavy (non-hydrogen) atoms. The van der Waals surface area contributed by atoms with Crippen LogP contribution in [0.4, 0.5) is 16.6 Å². The highest BCUT2D eigenvalue weighted by molar-refractivity contribution is 5.64. The molecule has 138 valence electrons. The van der Waals surface area contributed by atoms with Crippen LogP contribution in [0, 0.1) is 5.92 Å². The third kappa shape index (κ3) is 4.52.